The van der Waals surface area contributed by atoms with E-state index in [0.717, 1.165) is 29.4 Å². The molecule has 124 valence electrons. The Kier molecular flexibility index (Phi) is 4.29. The summed E-state index contributed by atoms with van der Waals surface area (Å²) in [6.45, 7) is 1.86. The summed E-state index contributed by atoms with van der Waals surface area (Å²) in [5, 5.41) is 0.620. The van der Waals surface area contributed by atoms with Crippen molar-refractivity contribution in [3.63, 3.8) is 0 Å². The second kappa shape index (κ2) is 6.57. The van der Waals surface area contributed by atoms with Crippen LogP contribution in [0.5, 0.6) is 11.5 Å². The highest BCUT2D eigenvalue weighted by molar-refractivity contribution is 7.99. The van der Waals surface area contributed by atoms with Gasteiger partial charge in [-0.25, -0.2) is 0 Å². The van der Waals surface area contributed by atoms with Crippen LogP contribution in [0.1, 0.15) is 21.3 Å². The first-order valence-corrected chi connectivity index (χ1v) is 9.23. The molecule has 2 heterocycles. The van der Waals surface area contributed by atoms with Crippen LogP contribution in [0.4, 0.5) is 0 Å². The quantitative estimate of drug-likeness (QED) is 0.810. The van der Waals surface area contributed by atoms with Gasteiger partial charge in [-0.2, -0.15) is 0 Å². The van der Waals surface area contributed by atoms with E-state index in [-0.39, 0.29) is 11.3 Å². The second-order valence-electron chi connectivity index (χ2n) is 5.63. The van der Waals surface area contributed by atoms with Crippen molar-refractivity contribution in [2.75, 3.05) is 25.5 Å². The number of carbonyl (C=O) groups is 1. The minimum atomic E-state index is -0.0102. The van der Waals surface area contributed by atoms with Gasteiger partial charge in [0.2, 0.25) is 0 Å². The molecule has 2 aromatic rings. The van der Waals surface area contributed by atoms with E-state index in [1.165, 1.54) is 0 Å². The fourth-order valence-corrected chi connectivity index (χ4v) is 4.30. The van der Waals surface area contributed by atoms with Gasteiger partial charge in [0.15, 0.2) is 11.5 Å². The van der Waals surface area contributed by atoms with Crippen molar-refractivity contribution in [2.24, 2.45) is 0 Å². The number of thioether (sulfide) groups is 1. The molecule has 1 fully saturated rings. The Balaban J connectivity index is 1.60. The van der Waals surface area contributed by atoms with E-state index in [1.807, 2.05) is 23.1 Å². The molecule has 0 N–H and O–H groups in total. The lowest BCUT2D eigenvalue weighted by Gasteiger charge is -2.26. The average molecular weight is 362 g/mol. The van der Waals surface area contributed by atoms with Crippen LogP contribution in [0.25, 0.3) is 0 Å². The molecule has 0 bridgehead atoms. The average Bonchev–Trinajstić information content (AvgIpc) is 3.11. The van der Waals surface area contributed by atoms with Crippen LogP contribution in [0.2, 0.25) is 5.02 Å². The van der Waals surface area contributed by atoms with E-state index in [4.69, 9.17) is 21.1 Å². The molecule has 2 aliphatic heterocycles. The summed E-state index contributed by atoms with van der Waals surface area (Å²) in [6, 6.07) is 13.0. The molecule has 2 aromatic carbocycles. The van der Waals surface area contributed by atoms with Crippen LogP contribution < -0.4 is 9.47 Å². The Labute approximate surface area is 149 Å². The maximum Gasteiger partial charge on any atom is 0.255 e. The predicted molar refractivity (Wildman–Crippen MR) is 95.1 cm³/mol. The van der Waals surface area contributed by atoms with Crippen LogP contribution in [0, 0.1) is 0 Å². The summed E-state index contributed by atoms with van der Waals surface area (Å²) in [5.74, 6) is 2.46. The lowest BCUT2D eigenvalue weighted by molar-refractivity contribution is 0.0760. The molecule has 0 saturated carbocycles. The Morgan fingerprint density at radius 1 is 1.08 bits per heavy atom. The van der Waals surface area contributed by atoms with Crippen molar-refractivity contribution in [3.8, 4) is 11.5 Å². The van der Waals surface area contributed by atoms with Crippen LogP contribution in [0.15, 0.2) is 42.5 Å². The SMILES string of the molecule is O=C(c1ccc(Cl)cc1)N1CCS[C@H]1c1ccc2c(c1)OCCO2. The van der Waals surface area contributed by atoms with E-state index < -0.39 is 0 Å². The Morgan fingerprint density at radius 2 is 1.83 bits per heavy atom. The molecule has 0 aliphatic carbocycles. The number of carbonyl (C=O) groups excluding carboxylic acids is 1. The van der Waals surface area contributed by atoms with Crippen molar-refractivity contribution in [2.45, 2.75) is 5.37 Å². The Morgan fingerprint density at radius 3 is 2.62 bits per heavy atom. The molecule has 1 atom stereocenters. The summed E-state index contributed by atoms with van der Waals surface area (Å²) in [7, 11) is 0. The number of ether oxygens (including phenoxy) is 2. The van der Waals surface area contributed by atoms with Gasteiger partial charge in [-0.05, 0) is 42.0 Å². The number of halogens is 1. The summed E-state index contributed by atoms with van der Waals surface area (Å²) >= 11 is 7.68. The van der Waals surface area contributed by atoms with Gasteiger partial charge in [0.05, 0.1) is 0 Å². The Bertz CT molecular complexity index is 765. The standard InChI is InChI=1S/C18H16ClNO3S/c19-14-4-1-12(2-5-14)17(21)20-7-10-24-18(20)13-3-6-15-16(11-13)23-9-8-22-15/h1-6,11,18H,7-10H2/t18-/m0/s1. The molecule has 2 aliphatic rings. The number of rotatable bonds is 2. The second-order valence-corrected chi connectivity index (χ2v) is 7.26. The summed E-state index contributed by atoms with van der Waals surface area (Å²) < 4.78 is 11.2. The normalized spacial score (nSPS) is 19.4. The van der Waals surface area contributed by atoms with Gasteiger partial charge in [0, 0.05) is 22.9 Å². The predicted octanol–water partition coefficient (Wildman–Crippen LogP) is 4.00. The highest BCUT2D eigenvalue weighted by Crippen LogP contribution is 2.42. The first-order chi connectivity index (χ1) is 11.7. The third-order valence-corrected chi connectivity index (χ3v) is 5.61. The molecule has 1 amide bonds. The van der Waals surface area contributed by atoms with Gasteiger partial charge < -0.3 is 14.4 Å². The third-order valence-electron chi connectivity index (χ3n) is 4.09. The topological polar surface area (TPSA) is 38.8 Å². The highest BCUT2D eigenvalue weighted by Gasteiger charge is 2.32. The molecule has 24 heavy (non-hydrogen) atoms. The van der Waals surface area contributed by atoms with Crippen LogP contribution in [-0.2, 0) is 0 Å². The zero-order chi connectivity index (χ0) is 16.5. The number of nitrogens with zero attached hydrogens (tertiary/aromatic N) is 1. The van der Waals surface area contributed by atoms with E-state index in [0.29, 0.717) is 23.8 Å². The lowest BCUT2D eigenvalue weighted by Crippen LogP contribution is -2.30. The zero-order valence-electron chi connectivity index (χ0n) is 12.9. The third kappa shape index (κ3) is 2.94. The van der Waals surface area contributed by atoms with Crippen LogP contribution in [0.3, 0.4) is 0 Å². The number of fused-ring (bicyclic) bond motifs is 1. The van der Waals surface area contributed by atoms with E-state index in [2.05, 4.69) is 0 Å². The number of hydrogen-bond acceptors (Lipinski definition) is 4. The van der Waals surface area contributed by atoms with Crippen molar-refractivity contribution < 1.29 is 14.3 Å². The monoisotopic (exact) mass is 361 g/mol. The molecule has 0 spiro atoms. The molecular formula is C18H16ClNO3S. The summed E-state index contributed by atoms with van der Waals surface area (Å²) in [5.41, 5.74) is 1.72. The molecular weight excluding hydrogens is 346 g/mol. The number of hydrogen-bond donors (Lipinski definition) is 0. The smallest absolute Gasteiger partial charge is 0.255 e. The molecule has 4 rings (SSSR count). The fraction of sp³-hybridized carbons (Fsp3) is 0.278. The van der Waals surface area contributed by atoms with Crippen LogP contribution >= 0.6 is 23.4 Å². The first-order valence-electron chi connectivity index (χ1n) is 7.80. The van der Waals surface area contributed by atoms with Gasteiger partial charge >= 0.3 is 0 Å². The van der Waals surface area contributed by atoms with Gasteiger partial charge in [-0.1, -0.05) is 17.7 Å². The first kappa shape index (κ1) is 15.7. The van der Waals surface area contributed by atoms with E-state index >= 15 is 0 Å². The van der Waals surface area contributed by atoms with Gasteiger partial charge in [-0.3, -0.25) is 4.79 Å². The van der Waals surface area contributed by atoms with Gasteiger partial charge in [0.25, 0.3) is 5.91 Å². The molecule has 1 saturated heterocycles. The highest BCUT2D eigenvalue weighted by atomic mass is 35.5. The van der Waals surface area contributed by atoms with Crippen molar-refractivity contribution in [3.05, 3.63) is 58.6 Å². The van der Waals surface area contributed by atoms with E-state index in [1.54, 1.807) is 36.0 Å². The zero-order valence-corrected chi connectivity index (χ0v) is 14.5. The van der Waals surface area contributed by atoms with Crippen molar-refractivity contribution >= 4 is 29.3 Å². The van der Waals surface area contributed by atoms with Crippen LogP contribution in [-0.4, -0.2) is 36.3 Å². The Hall–Kier alpha value is -1.85. The minimum Gasteiger partial charge on any atom is -0.486 e. The molecule has 6 heteroatoms. The maximum atomic E-state index is 12.8. The molecule has 4 nitrogen and oxygen atoms in total. The molecule has 0 unspecified atom stereocenters. The van der Waals surface area contributed by atoms with Crippen molar-refractivity contribution in [1.82, 2.24) is 4.90 Å². The molecule has 0 radical (unpaired) electrons. The maximum absolute atomic E-state index is 12.8. The lowest BCUT2D eigenvalue weighted by atomic mass is 10.1. The largest absolute Gasteiger partial charge is 0.486 e. The number of amides is 1. The summed E-state index contributed by atoms with van der Waals surface area (Å²) in [6.07, 6.45) is 0. The van der Waals surface area contributed by atoms with Gasteiger partial charge in [-0.15, -0.1) is 11.8 Å². The number of benzene rings is 2. The van der Waals surface area contributed by atoms with Gasteiger partial charge in [0.1, 0.15) is 18.6 Å². The minimum absolute atomic E-state index is 0.0102. The summed E-state index contributed by atoms with van der Waals surface area (Å²) in [4.78, 5) is 14.7. The van der Waals surface area contributed by atoms with Crippen molar-refractivity contribution in [1.29, 1.82) is 0 Å². The molecule has 0 aromatic heterocycles. The van der Waals surface area contributed by atoms with E-state index in [9.17, 15) is 4.79 Å². The fourth-order valence-electron chi connectivity index (χ4n) is 2.93.